The van der Waals surface area contributed by atoms with E-state index in [-0.39, 0.29) is 44.3 Å². The minimum atomic E-state index is -4.45. The molecule has 0 aliphatic heterocycles. The van der Waals surface area contributed by atoms with Gasteiger partial charge < -0.3 is 34.2 Å². The fourth-order valence-electron chi connectivity index (χ4n) is 7.34. The van der Waals surface area contributed by atoms with E-state index in [0.717, 1.165) is 38.5 Å². The van der Waals surface area contributed by atoms with Crippen LogP contribution in [0.5, 0.6) is 0 Å². The molecule has 1 fully saturated rings. The quantitative estimate of drug-likeness (QED) is 0.0153. The smallest absolute Gasteiger partial charge is 0.461 e. The minimum Gasteiger partial charge on any atom is -0.461 e. The summed E-state index contributed by atoms with van der Waals surface area (Å²) in [6.07, 6.45) is 29.2. The third-order valence-corrected chi connectivity index (χ3v) is 12.1. The van der Waals surface area contributed by atoms with Crippen molar-refractivity contribution in [2.45, 2.75) is 199 Å². The predicted octanol–water partition coefficient (Wildman–Crippen LogP) is 9.51. The molecular weight excluding hydrogens is 773 g/mol. The standard InChI is InChI=1S/C46H86NO11P/c1-6-8-10-11-12-13-14-15-16-17-18-19-20-21-22-23-25-31-46(52)58-40(38-57-59(53,54)56-35-34-47(3,4)5)37-55-45(51)30-27-26-29-41-42(44(50)36-43(41)49)33-32-39(48)28-24-9-7-2/h26-27,32-33,39-44,48-50H,6-25,28-31,34-38H2,1-5H3/p+1/b27-26-,33-32+/t39-,40-,41+,42-,43+,44-/m1/s1. The van der Waals surface area contributed by atoms with E-state index in [1.165, 1.54) is 83.5 Å². The maximum atomic E-state index is 12.8. The Morgan fingerprint density at radius 3 is 1.83 bits per heavy atom. The van der Waals surface area contributed by atoms with E-state index in [1.807, 2.05) is 21.1 Å². The van der Waals surface area contributed by atoms with Crippen LogP contribution in [0, 0.1) is 11.8 Å². The Kier molecular flexibility index (Phi) is 31.9. The Hall–Kier alpha value is -1.63. The van der Waals surface area contributed by atoms with Crippen molar-refractivity contribution >= 4 is 19.8 Å². The van der Waals surface area contributed by atoms with Gasteiger partial charge in [0.25, 0.3) is 0 Å². The molecule has 1 aliphatic rings. The number of aliphatic hydroxyl groups excluding tert-OH is 3. The van der Waals surface area contributed by atoms with Gasteiger partial charge in [0, 0.05) is 18.8 Å². The van der Waals surface area contributed by atoms with Crippen molar-refractivity contribution in [2.75, 3.05) is 47.5 Å². The first-order chi connectivity index (χ1) is 28.2. The van der Waals surface area contributed by atoms with Crippen LogP contribution in [0.2, 0.25) is 0 Å². The zero-order chi connectivity index (χ0) is 43.8. The number of quaternary nitrogens is 1. The van der Waals surface area contributed by atoms with Gasteiger partial charge in [-0.3, -0.25) is 18.6 Å². The number of carbonyl (C=O) groups excluding carboxylic acids is 2. The summed E-state index contributed by atoms with van der Waals surface area (Å²) >= 11 is 0. The number of unbranched alkanes of at least 4 members (excludes halogenated alkanes) is 18. The summed E-state index contributed by atoms with van der Waals surface area (Å²) in [4.78, 5) is 35.7. The molecule has 0 aromatic heterocycles. The molecule has 1 aliphatic carbocycles. The van der Waals surface area contributed by atoms with Crippen molar-refractivity contribution in [3.05, 3.63) is 24.3 Å². The van der Waals surface area contributed by atoms with Gasteiger partial charge in [-0.15, -0.1) is 0 Å². The number of phosphoric acid groups is 1. The molecule has 0 aromatic rings. The summed E-state index contributed by atoms with van der Waals surface area (Å²) < 4.78 is 34.3. The second kappa shape index (κ2) is 33.9. The van der Waals surface area contributed by atoms with Crippen molar-refractivity contribution in [1.29, 1.82) is 0 Å². The molecule has 0 bridgehead atoms. The second-order valence-corrected chi connectivity index (χ2v) is 19.2. The van der Waals surface area contributed by atoms with Crippen LogP contribution in [-0.4, -0.2) is 109 Å². The fourth-order valence-corrected chi connectivity index (χ4v) is 8.08. The number of carbonyl (C=O) groups is 2. The number of esters is 2. The van der Waals surface area contributed by atoms with Crippen LogP contribution in [-0.2, 0) is 32.7 Å². The molecule has 0 heterocycles. The second-order valence-electron chi connectivity index (χ2n) is 17.8. The van der Waals surface area contributed by atoms with Gasteiger partial charge in [-0.1, -0.05) is 160 Å². The highest BCUT2D eigenvalue weighted by atomic mass is 31.2. The average molecular weight is 861 g/mol. The number of likely N-dealkylation sites (N-methyl/N-ethyl adjacent to an activating group) is 1. The molecule has 12 nitrogen and oxygen atoms in total. The third-order valence-electron chi connectivity index (χ3n) is 11.1. The number of aliphatic hydroxyl groups is 3. The van der Waals surface area contributed by atoms with E-state index in [1.54, 1.807) is 24.3 Å². The Morgan fingerprint density at radius 1 is 0.729 bits per heavy atom. The van der Waals surface area contributed by atoms with E-state index in [9.17, 15) is 34.4 Å². The van der Waals surface area contributed by atoms with Crippen molar-refractivity contribution < 1.29 is 57.4 Å². The zero-order valence-corrected chi connectivity index (χ0v) is 38.7. The first-order valence-electron chi connectivity index (χ1n) is 23.3. The highest BCUT2D eigenvalue weighted by Gasteiger charge is 2.39. The lowest BCUT2D eigenvalue weighted by Crippen LogP contribution is -2.37. The molecule has 0 saturated heterocycles. The molecule has 13 heteroatoms. The summed E-state index contributed by atoms with van der Waals surface area (Å²) in [5, 5.41) is 31.4. The summed E-state index contributed by atoms with van der Waals surface area (Å²) in [7, 11) is 1.31. The van der Waals surface area contributed by atoms with Crippen LogP contribution in [0.15, 0.2) is 24.3 Å². The molecule has 1 unspecified atom stereocenters. The molecule has 0 aromatic carbocycles. The normalized spacial score (nSPS) is 20.6. The Labute approximate surface area is 358 Å². The van der Waals surface area contributed by atoms with Gasteiger partial charge in [0.2, 0.25) is 0 Å². The largest absolute Gasteiger partial charge is 0.472 e. The van der Waals surface area contributed by atoms with Crippen molar-refractivity contribution in [2.24, 2.45) is 11.8 Å². The molecule has 0 amide bonds. The Balaban J connectivity index is 2.50. The number of nitrogens with zero attached hydrogens (tertiary/aromatic N) is 1. The van der Waals surface area contributed by atoms with E-state index >= 15 is 0 Å². The van der Waals surface area contributed by atoms with Crippen LogP contribution in [0.3, 0.4) is 0 Å². The van der Waals surface area contributed by atoms with Crippen LogP contribution in [0.1, 0.15) is 174 Å². The summed E-state index contributed by atoms with van der Waals surface area (Å²) in [6.45, 7) is 3.96. The van der Waals surface area contributed by atoms with Crippen molar-refractivity contribution in [3.8, 4) is 0 Å². The first kappa shape index (κ1) is 55.4. The van der Waals surface area contributed by atoms with Crippen LogP contribution in [0.4, 0.5) is 0 Å². The number of ether oxygens (including phenoxy) is 2. The lowest BCUT2D eigenvalue weighted by Gasteiger charge is -2.24. The highest BCUT2D eigenvalue weighted by molar-refractivity contribution is 7.47. The van der Waals surface area contributed by atoms with E-state index in [0.29, 0.717) is 30.3 Å². The maximum Gasteiger partial charge on any atom is 0.472 e. The maximum absolute atomic E-state index is 12.8. The van der Waals surface area contributed by atoms with Gasteiger partial charge in [0.1, 0.15) is 19.8 Å². The molecule has 4 N–H and O–H groups in total. The predicted molar refractivity (Wildman–Crippen MR) is 236 cm³/mol. The first-order valence-corrected chi connectivity index (χ1v) is 24.8. The van der Waals surface area contributed by atoms with Gasteiger partial charge in [-0.25, -0.2) is 4.57 Å². The lowest BCUT2D eigenvalue weighted by molar-refractivity contribution is -0.870. The molecule has 0 radical (unpaired) electrons. The molecule has 59 heavy (non-hydrogen) atoms. The fraction of sp³-hybridized carbons (Fsp3) is 0.870. The molecule has 7 atom stereocenters. The Bertz CT molecular complexity index is 1180. The number of hydrogen-bond donors (Lipinski definition) is 4. The molecule has 1 saturated carbocycles. The lowest BCUT2D eigenvalue weighted by atomic mass is 9.89. The topological polar surface area (TPSA) is 169 Å². The third kappa shape index (κ3) is 31.0. The highest BCUT2D eigenvalue weighted by Crippen LogP contribution is 2.43. The van der Waals surface area contributed by atoms with E-state index in [2.05, 4.69) is 13.8 Å². The van der Waals surface area contributed by atoms with Crippen LogP contribution < -0.4 is 0 Å². The Morgan fingerprint density at radius 2 is 1.27 bits per heavy atom. The van der Waals surface area contributed by atoms with Crippen LogP contribution >= 0.6 is 7.82 Å². The van der Waals surface area contributed by atoms with Crippen molar-refractivity contribution in [3.63, 3.8) is 0 Å². The van der Waals surface area contributed by atoms with Gasteiger partial charge in [-0.05, 0) is 25.2 Å². The number of phosphoric ester groups is 1. The van der Waals surface area contributed by atoms with E-state index < -0.39 is 50.8 Å². The number of hydrogen-bond acceptors (Lipinski definition) is 10. The number of rotatable bonds is 38. The monoisotopic (exact) mass is 861 g/mol. The summed E-state index contributed by atoms with van der Waals surface area (Å²) in [6, 6.07) is 0. The van der Waals surface area contributed by atoms with Gasteiger partial charge >= 0.3 is 19.8 Å². The van der Waals surface area contributed by atoms with Gasteiger partial charge in [0.05, 0.1) is 52.5 Å². The molecule has 0 spiro atoms. The van der Waals surface area contributed by atoms with Gasteiger partial charge in [-0.2, -0.15) is 0 Å². The summed E-state index contributed by atoms with van der Waals surface area (Å²) in [5.41, 5.74) is 0. The summed E-state index contributed by atoms with van der Waals surface area (Å²) in [5.74, 6) is -1.68. The molecule has 346 valence electrons. The van der Waals surface area contributed by atoms with Crippen molar-refractivity contribution in [1.82, 2.24) is 0 Å². The SMILES string of the molecule is CCCCCCCCCCCCCCCCCCCC(=O)O[C@H](COC(=O)C/C=C\C[C@H]1[C@@H](/C=C/[C@H](O)CCCCC)[C@H](O)C[C@@H]1O)COP(=O)(O)OCC[N+](C)(C)C. The minimum absolute atomic E-state index is 0.0166. The molecular formula is C46H87NO11P+. The molecule has 1 rings (SSSR count). The number of allylic oxidation sites excluding steroid dienone is 1. The van der Waals surface area contributed by atoms with E-state index in [4.69, 9.17) is 18.5 Å². The average Bonchev–Trinajstić information content (AvgIpc) is 3.44. The van der Waals surface area contributed by atoms with Crippen LogP contribution in [0.25, 0.3) is 0 Å². The van der Waals surface area contributed by atoms with Gasteiger partial charge in [0.15, 0.2) is 6.10 Å². The zero-order valence-electron chi connectivity index (χ0n) is 37.8.